The molecule has 2 nitrogen and oxygen atoms in total. The third kappa shape index (κ3) is 11.1. The number of rotatable bonds is 9. The molecule has 0 aliphatic heterocycles. The third-order valence-electron chi connectivity index (χ3n) is 2.47. The lowest BCUT2D eigenvalue weighted by Gasteiger charge is -2.00. The molecular weight excluding hydrogens is 188 g/mol. The molecule has 0 saturated carbocycles. The van der Waals surface area contributed by atoms with Gasteiger partial charge in [0.1, 0.15) is 0 Å². The van der Waals surface area contributed by atoms with Gasteiger partial charge in [0, 0.05) is 6.42 Å². The maximum absolute atomic E-state index is 10.8. The highest BCUT2D eigenvalue weighted by Gasteiger charge is 1.98. The van der Waals surface area contributed by atoms with E-state index in [0.717, 1.165) is 12.8 Å². The average molecular weight is 212 g/mol. The highest BCUT2D eigenvalue weighted by Crippen LogP contribution is 2.09. The minimum atomic E-state index is -0.0805. The zero-order chi connectivity index (χ0) is 11.4. The van der Waals surface area contributed by atoms with Crippen molar-refractivity contribution in [1.29, 1.82) is 0 Å². The average Bonchev–Trinajstić information content (AvgIpc) is 2.26. The molecule has 15 heavy (non-hydrogen) atoms. The second-order valence-corrected chi connectivity index (χ2v) is 3.81. The van der Waals surface area contributed by atoms with Crippen LogP contribution >= 0.6 is 0 Å². The quantitative estimate of drug-likeness (QED) is 0.329. The summed E-state index contributed by atoms with van der Waals surface area (Å²) in [6.45, 7) is 2.06. The van der Waals surface area contributed by atoms with Gasteiger partial charge in [-0.25, -0.2) is 0 Å². The van der Waals surface area contributed by atoms with Crippen molar-refractivity contribution in [3.63, 3.8) is 0 Å². The fourth-order valence-corrected chi connectivity index (χ4v) is 1.51. The van der Waals surface area contributed by atoms with Crippen molar-refractivity contribution < 1.29 is 9.53 Å². The second-order valence-electron chi connectivity index (χ2n) is 3.81. The number of hydrogen-bond acceptors (Lipinski definition) is 2. The van der Waals surface area contributed by atoms with Crippen LogP contribution in [0.1, 0.15) is 58.3 Å². The normalized spacial score (nSPS) is 10.8. The summed E-state index contributed by atoms with van der Waals surface area (Å²) < 4.78 is 4.58. The molecule has 0 unspecified atom stereocenters. The van der Waals surface area contributed by atoms with E-state index in [9.17, 15) is 4.79 Å². The number of ether oxygens (including phenoxy) is 1. The van der Waals surface area contributed by atoms with Crippen LogP contribution in [-0.2, 0) is 9.53 Å². The van der Waals surface area contributed by atoms with Gasteiger partial charge in [-0.2, -0.15) is 0 Å². The molecule has 2 heteroatoms. The molecule has 88 valence electrons. The molecule has 0 rings (SSSR count). The molecule has 0 spiro atoms. The lowest BCUT2D eigenvalue weighted by molar-refractivity contribution is -0.140. The molecule has 0 N–H and O–H groups in total. The van der Waals surface area contributed by atoms with Crippen molar-refractivity contribution in [3.05, 3.63) is 12.2 Å². The van der Waals surface area contributed by atoms with Crippen LogP contribution in [0.15, 0.2) is 12.2 Å². The van der Waals surface area contributed by atoms with Gasteiger partial charge in [0.15, 0.2) is 0 Å². The second kappa shape index (κ2) is 11.3. The fourth-order valence-electron chi connectivity index (χ4n) is 1.51. The Morgan fingerprint density at radius 1 is 1.07 bits per heavy atom. The SMILES string of the molecule is C/C=C\CCCCCCCCC(=O)OC. The molecule has 0 heterocycles. The van der Waals surface area contributed by atoms with E-state index in [-0.39, 0.29) is 5.97 Å². The van der Waals surface area contributed by atoms with Crippen molar-refractivity contribution in [2.75, 3.05) is 7.11 Å². The first kappa shape index (κ1) is 14.2. The summed E-state index contributed by atoms with van der Waals surface area (Å²) >= 11 is 0. The summed E-state index contributed by atoms with van der Waals surface area (Å²) in [6, 6.07) is 0. The van der Waals surface area contributed by atoms with E-state index in [4.69, 9.17) is 0 Å². The van der Waals surface area contributed by atoms with Gasteiger partial charge in [0.05, 0.1) is 7.11 Å². The Morgan fingerprint density at radius 2 is 1.67 bits per heavy atom. The molecule has 0 amide bonds. The van der Waals surface area contributed by atoms with E-state index in [1.54, 1.807) is 0 Å². The minimum absolute atomic E-state index is 0.0805. The Morgan fingerprint density at radius 3 is 2.27 bits per heavy atom. The third-order valence-corrected chi connectivity index (χ3v) is 2.47. The van der Waals surface area contributed by atoms with Crippen LogP contribution in [0.4, 0.5) is 0 Å². The van der Waals surface area contributed by atoms with Crippen molar-refractivity contribution in [1.82, 2.24) is 0 Å². The van der Waals surface area contributed by atoms with Crippen molar-refractivity contribution in [2.45, 2.75) is 58.3 Å². The molecule has 0 aliphatic rings. The van der Waals surface area contributed by atoms with E-state index in [0.29, 0.717) is 6.42 Å². The number of allylic oxidation sites excluding steroid dienone is 2. The Balaban J connectivity index is 3.02. The molecule has 0 atom stereocenters. The van der Waals surface area contributed by atoms with Gasteiger partial charge < -0.3 is 4.74 Å². The van der Waals surface area contributed by atoms with Crippen LogP contribution in [-0.4, -0.2) is 13.1 Å². The predicted octanol–water partition coefficient (Wildman–Crippen LogP) is 3.86. The first-order chi connectivity index (χ1) is 7.31. The highest BCUT2D eigenvalue weighted by atomic mass is 16.5. The standard InChI is InChI=1S/C13H24O2/c1-3-4-5-6-7-8-9-10-11-12-13(14)15-2/h3-4H,5-12H2,1-2H3/b4-3-. The number of unbranched alkanes of at least 4 members (excludes halogenated alkanes) is 6. The lowest BCUT2D eigenvalue weighted by atomic mass is 10.1. The van der Waals surface area contributed by atoms with Gasteiger partial charge in [0.25, 0.3) is 0 Å². The molecule has 0 aromatic rings. The van der Waals surface area contributed by atoms with E-state index >= 15 is 0 Å². The van der Waals surface area contributed by atoms with Gasteiger partial charge >= 0.3 is 5.97 Å². The van der Waals surface area contributed by atoms with Crippen LogP contribution in [0.2, 0.25) is 0 Å². The number of methoxy groups -OCH3 is 1. The number of carbonyl (C=O) groups excluding carboxylic acids is 1. The van der Waals surface area contributed by atoms with Crippen molar-refractivity contribution >= 4 is 5.97 Å². The molecule has 0 aliphatic carbocycles. The summed E-state index contributed by atoms with van der Waals surface area (Å²) in [5.74, 6) is -0.0805. The van der Waals surface area contributed by atoms with Gasteiger partial charge in [-0.05, 0) is 26.2 Å². The number of carbonyl (C=O) groups is 1. The van der Waals surface area contributed by atoms with Crippen LogP contribution in [0.5, 0.6) is 0 Å². The predicted molar refractivity (Wildman–Crippen MR) is 63.8 cm³/mol. The highest BCUT2D eigenvalue weighted by molar-refractivity contribution is 5.68. The monoisotopic (exact) mass is 212 g/mol. The molecule has 0 radical (unpaired) electrons. The Hall–Kier alpha value is -0.790. The summed E-state index contributed by atoms with van der Waals surface area (Å²) in [6.07, 6.45) is 13.4. The fraction of sp³-hybridized carbons (Fsp3) is 0.769. The van der Waals surface area contributed by atoms with Gasteiger partial charge in [0.2, 0.25) is 0 Å². The van der Waals surface area contributed by atoms with Crippen LogP contribution in [0.25, 0.3) is 0 Å². The maximum atomic E-state index is 10.8. The van der Waals surface area contributed by atoms with Crippen LogP contribution < -0.4 is 0 Å². The summed E-state index contributed by atoms with van der Waals surface area (Å²) in [5, 5.41) is 0. The minimum Gasteiger partial charge on any atom is -0.469 e. The van der Waals surface area contributed by atoms with Crippen LogP contribution in [0, 0.1) is 0 Å². The largest absolute Gasteiger partial charge is 0.469 e. The summed E-state index contributed by atoms with van der Waals surface area (Å²) in [5.41, 5.74) is 0. The first-order valence-electron chi connectivity index (χ1n) is 5.99. The van der Waals surface area contributed by atoms with Crippen molar-refractivity contribution in [3.8, 4) is 0 Å². The lowest BCUT2D eigenvalue weighted by Crippen LogP contribution is -1.99. The zero-order valence-corrected chi connectivity index (χ0v) is 10.1. The molecule has 0 fully saturated rings. The molecular formula is C13H24O2. The maximum Gasteiger partial charge on any atom is 0.305 e. The molecule has 0 aromatic heterocycles. The summed E-state index contributed by atoms with van der Waals surface area (Å²) in [4.78, 5) is 10.8. The number of hydrogen-bond donors (Lipinski definition) is 0. The van der Waals surface area contributed by atoms with E-state index in [2.05, 4.69) is 23.8 Å². The van der Waals surface area contributed by atoms with Crippen LogP contribution in [0.3, 0.4) is 0 Å². The summed E-state index contributed by atoms with van der Waals surface area (Å²) in [7, 11) is 1.45. The first-order valence-corrected chi connectivity index (χ1v) is 5.99. The van der Waals surface area contributed by atoms with Crippen molar-refractivity contribution in [2.24, 2.45) is 0 Å². The molecule has 0 saturated heterocycles. The van der Waals surface area contributed by atoms with E-state index in [1.165, 1.54) is 39.2 Å². The molecule has 0 bridgehead atoms. The van der Waals surface area contributed by atoms with E-state index in [1.807, 2.05) is 0 Å². The Kier molecular flexibility index (Phi) is 10.7. The topological polar surface area (TPSA) is 26.3 Å². The number of esters is 1. The van der Waals surface area contributed by atoms with Gasteiger partial charge in [-0.15, -0.1) is 0 Å². The Bertz CT molecular complexity index is 173. The smallest absolute Gasteiger partial charge is 0.305 e. The zero-order valence-electron chi connectivity index (χ0n) is 10.1. The Labute approximate surface area is 93.7 Å². The van der Waals surface area contributed by atoms with E-state index < -0.39 is 0 Å². The van der Waals surface area contributed by atoms with Gasteiger partial charge in [-0.1, -0.05) is 37.8 Å². The van der Waals surface area contributed by atoms with Gasteiger partial charge in [-0.3, -0.25) is 4.79 Å². The molecule has 0 aromatic carbocycles.